The van der Waals surface area contributed by atoms with E-state index in [2.05, 4.69) is 70.9 Å². The molecule has 170 valence electrons. The van der Waals surface area contributed by atoms with Crippen molar-refractivity contribution < 1.29 is 14.4 Å². The lowest BCUT2D eigenvalue weighted by molar-refractivity contribution is -0.323. The topological polar surface area (TPSA) is 38.8 Å². The van der Waals surface area contributed by atoms with Gasteiger partial charge >= 0.3 is 5.97 Å². The fourth-order valence-corrected chi connectivity index (χ4v) is 4.91. The molecular weight excluding hydrogens is 374 g/mol. The van der Waals surface area contributed by atoms with E-state index in [-0.39, 0.29) is 29.3 Å². The van der Waals surface area contributed by atoms with Crippen molar-refractivity contribution in [2.75, 3.05) is 0 Å². The standard InChI is InChI=1S/C26H43NO3/c1-7-10-11-15-18-24(28)29-23-19-25(5,6)27(26(8-2,9-3)20-23)30-21(4)22-16-13-12-14-17-22/h12-14,16-17,21,23H,7-11,15,18-20H2,1-6H3. The lowest BCUT2D eigenvalue weighted by Gasteiger charge is -2.56. The number of carbonyl (C=O) groups is 1. The van der Waals surface area contributed by atoms with Crippen molar-refractivity contribution in [1.29, 1.82) is 0 Å². The van der Waals surface area contributed by atoms with Gasteiger partial charge in [0.25, 0.3) is 0 Å². The Kier molecular flexibility index (Phi) is 9.36. The monoisotopic (exact) mass is 417 g/mol. The average Bonchev–Trinajstić information content (AvgIpc) is 2.73. The third-order valence-corrected chi connectivity index (χ3v) is 6.70. The van der Waals surface area contributed by atoms with Crippen molar-refractivity contribution in [2.24, 2.45) is 0 Å². The van der Waals surface area contributed by atoms with E-state index in [1.165, 1.54) is 18.4 Å². The van der Waals surface area contributed by atoms with E-state index in [0.29, 0.717) is 6.42 Å². The van der Waals surface area contributed by atoms with Crippen molar-refractivity contribution in [3.05, 3.63) is 35.9 Å². The largest absolute Gasteiger partial charge is 0.462 e. The normalized spacial score (nSPS) is 21.9. The van der Waals surface area contributed by atoms with Gasteiger partial charge in [0, 0.05) is 30.3 Å². The maximum Gasteiger partial charge on any atom is 0.306 e. The number of benzene rings is 1. The second-order valence-corrected chi connectivity index (χ2v) is 9.53. The van der Waals surface area contributed by atoms with Gasteiger partial charge in [-0.3, -0.25) is 9.63 Å². The minimum atomic E-state index is -0.222. The van der Waals surface area contributed by atoms with E-state index in [4.69, 9.17) is 9.57 Å². The molecule has 0 radical (unpaired) electrons. The van der Waals surface area contributed by atoms with Gasteiger partial charge in [0.05, 0.1) is 0 Å². The highest BCUT2D eigenvalue weighted by Crippen LogP contribution is 2.45. The molecule has 2 atom stereocenters. The summed E-state index contributed by atoms with van der Waals surface area (Å²) in [5.41, 5.74) is 0.813. The second kappa shape index (κ2) is 11.3. The molecule has 1 aliphatic heterocycles. The SMILES string of the molecule is CCCCCCC(=O)OC1CC(C)(C)N(OC(C)c2ccccc2)C(CC)(CC)C1. The van der Waals surface area contributed by atoms with E-state index in [0.717, 1.165) is 38.5 Å². The van der Waals surface area contributed by atoms with Crippen LogP contribution in [0.5, 0.6) is 0 Å². The Hall–Kier alpha value is -1.39. The number of hydrogen-bond donors (Lipinski definition) is 0. The van der Waals surface area contributed by atoms with E-state index < -0.39 is 0 Å². The first-order valence-electron chi connectivity index (χ1n) is 12.0. The first kappa shape index (κ1) is 24.9. The quantitative estimate of drug-likeness (QED) is 0.287. The van der Waals surface area contributed by atoms with Crippen LogP contribution in [-0.2, 0) is 14.4 Å². The summed E-state index contributed by atoms with van der Waals surface area (Å²) in [6, 6.07) is 10.4. The van der Waals surface area contributed by atoms with Crippen LogP contribution >= 0.6 is 0 Å². The van der Waals surface area contributed by atoms with Gasteiger partial charge in [0.2, 0.25) is 0 Å². The molecule has 0 N–H and O–H groups in total. The van der Waals surface area contributed by atoms with Crippen LogP contribution in [0.3, 0.4) is 0 Å². The van der Waals surface area contributed by atoms with Crippen LogP contribution in [0, 0.1) is 0 Å². The number of rotatable bonds is 11. The van der Waals surface area contributed by atoms with Crippen LogP contribution < -0.4 is 0 Å². The van der Waals surface area contributed by atoms with Gasteiger partial charge in [0.1, 0.15) is 12.2 Å². The number of esters is 1. The maximum atomic E-state index is 12.5. The highest BCUT2D eigenvalue weighted by atomic mass is 16.7. The lowest BCUT2D eigenvalue weighted by atomic mass is 9.75. The zero-order valence-electron chi connectivity index (χ0n) is 20.1. The summed E-state index contributed by atoms with van der Waals surface area (Å²) < 4.78 is 5.98. The predicted molar refractivity (Wildman–Crippen MR) is 123 cm³/mol. The number of ether oxygens (including phenoxy) is 1. The van der Waals surface area contributed by atoms with Gasteiger partial charge in [0.15, 0.2) is 0 Å². The molecule has 30 heavy (non-hydrogen) atoms. The number of hydroxylamine groups is 2. The van der Waals surface area contributed by atoms with E-state index in [1.54, 1.807) is 0 Å². The van der Waals surface area contributed by atoms with Crippen molar-refractivity contribution in [3.8, 4) is 0 Å². The number of piperidine rings is 1. The molecule has 1 aliphatic rings. The van der Waals surface area contributed by atoms with E-state index in [1.807, 2.05) is 6.07 Å². The molecule has 1 heterocycles. The van der Waals surface area contributed by atoms with Crippen LogP contribution in [0.15, 0.2) is 30.3 Å². The number of carbonyl (C=O) groups excluding carboxylic acids is 1. The molecule has 1 aromatic carbocycles. The van der Waals surface area contributed by atoms with E-state index in [9.17, 15) is 4.79 Å². The lowest BCUT2D eigenvalue weighted by Crippen LogP contribution is -2.64. The van der Waals surface area contributed by atoms with Crippen LogP contribution in [-0.4, -0.2) is 28.2 Å². The molecule has 0 spiro atoms. The molecule has 1 fully saturated rings. The van der Waals surface area contributed by atoms with Crippen molar-refractivity contribution >= 4 is 5.97 Å². The minimum Gasteiger partial charge on any atom is -0.462 e. The molecule has 4 nitrogen and oxygen atoms in total. The van der Waals surface area contributed by atoms with Gasteiger partial charge in [-0.1, -0.05) is 70.4 Å². The minimum absolute atomic E-state index is 0.0272. The average molecular weight is 418 g/mol. The summed E-state index contributed by atoms with van der Waals surface area (Å²) in [5, 5.41) is 2.24. The number of hydrogen-bond acceptors (Lipinski definition) is 4. The molecule has 0 amide bonds. The molecule has 1 saturated heterocycles. The molecule has 4 heteroatoms. The van der Waals surface area contributed by atoms with E-state index >= 15 is 0 Å². The van der Waals surface area contributed by atoms with Gasteiger partial charge in [-0.05, 0) is 45.6 Å². The first-order chi connectivity index (χ1) is 14.3. The Balaban J connectivity index is 2.10. The fourth-order valence-electron chi connectivity index (χ4n) is 4.91. The highest BCUT2D eigenvalue weighted by molar-refractivity contribution is 5.69. The first-order valence-corrected chi connectivity index (χ1v) is 12.0. The Morgan fingerprint density at radius 3 is 2.33 bits per heavy atom. The Morgan fingerprint density at radius 2 is 1.73 bits per heavy atom. The Morgan fingerprint density at radius 1 is 1.07 bits per heavy atom. The third kappa shape index (κ3) is 6.31. The van der Waals surface area contributed by atoms with Gasteiger partial charge in [-0.2, -0.15) is 5.06 Å². The predicted octanol–water partition coefficient (Wildman–Crippen LogP) is 6.99. The highest BCUT2D eigenvalue weighted by Gasteiger charge is 2.51. The molecule has 2 unspecified atom stereocenters. The molecule has 0 bridgehead atoms. The smallest absolute Gasteiger partial charge is 0.306 e. The van der Waals surface area contributed by atoms with Gasteiger partial charge in [-0.15, -0.1) is 0 Å². The van der Waals surface area contributed by atoms with Crippen molar-refractivity contribution in [2.45, 2.75) is 123 Å². The molecular formula is C26H43NO3. The fraction of sp³-hybridized carbons (Fsp3) is 0.731. The summed E-state index contributed by atoms with van der Waals surface area (Å²) in [6.45, 7) is 13.2. The van der Waals surface area contributed by atoms with Crippen LogP contribution in [0.4, 0.5) is 0 Å². The summed E-state index contributed by atoms with van der Waals surface area (Å²) in [4.78, 5) is 19.1. The summed E-state index contributed by atoms with van der Waals surface area (Å²) >= 11 is 0. The summed E-state index contributed by atoms with van der Waals surface area (Å²) in [5.74, 6) is -0.0416. The van der Waals surface area contributed by atoms with Crippen LogP contribution in [0.1, 0.15) is 111 Å². The molecule has 0 aromatic heterocycles. The van der Waals surface area contributed by atoms with Crippen LogP contribution in [0.25, 0.3) is 0 Å². The Bertz CT molecular complexity index is 639. The number of nitrogens with zero attached hydrogens (tertiary/aromatic N) is 1. The van der Waals surface area contributed by atoms with Gasteiger partial charge in [-0.25, -0.2) is 0 Å². The number of unbranched alkanes of at least 4 members (excludes halogenated alkanes) is 3. The molecule has 1 aromatic rings. The molecule has 0 aliphatic carbocycles. The van der Waals surface area contributed by atoms with Gasteiger partial charge < -0.3 is 4.74 Å². The Labute approximate surface area is 184 Å². The van der Waals surface area contributed by atoms with Crippen molar-refractivity contribution in [1.82, 2.24) is 5.06 Å². The zero-order chi connectivity index (χ0) is 22.2. The third-order valence-electron chi connectivity index (χ3n) is 6.70. The summed E-state index contributed by atoms with van der Waals surface area (Å²) in [7, 11) is 0. The molecule has 2 rings (SSSR count). The maximum absolute atomic E-state index is 12.5. The zero-order valence-corrected chi connectivity index (χ0v) is 20.1. The van der Waals surface area contributed by atoms with Crippen molar-refractivity contribution in [3.63, 3.8) is 0 Å². The summed E-state index contributed by atoms with van der Waals surface area (Å²) in [6.07, 6.45) is 8.39. The van der Waals surface area contributed by atoms with Crippen LogP contribution in [0.2, 0.25) is 0 Å². The second-order valence-electron chi connectivity index (χ2n) is 9.53. The molecule has 0 saturated carbocycles.